The van der Waals surface area contributed by atoms with Gasteiger partial charge in [0.25, 0.3) is 5.91 Å². The van der Waals surface area contributed by atoms with Gasteiger partial charge in [0.1, 0.15) is 23.4 Å². The van der Waals surface area contributed by atoms with E-state index >= 15 is 0 Å². The molecule has 144 valence electrons. The second kappa shape index (κ2) is 7.27. The van der Waals surface area contributed by atoms with Crippen LogP contribution in [0.3, 0.4) is 0 Å². The first kappa shape index (κ1) is 20.2. The topological polar surface area (TPSA) is 112 Å². The van der Waals surface area contributed by atoms with Crippen molar-refractivity contribution in [3.05, 3.63) is 29.8 Å². The van der Waals surface area contributed by atoms with Crippen LogP contribution in [0.1, 0.15) is 33.3 Å². The number of hydrogen-bond donors (Lipinski definition) is 2. The lowest BCUT2D eigenvalue weighted by atomic mass is 9.90. The maximum atomic E-state index is 12.9. The van der Waals surface area contributed by atoms with Gasteiger partial charge in [0.2, 0.25) is 5.91 Å². The summed E-state index contributed by atoms with van der Waals surface area (Å²) in [7, 11) is 1.53. The van der Waals surface area contributed by atoms with E-state index in [9.17, 15) is 19.6 Å². The van der Waals surface area contributed by atoms with Crippen LogP contribution < -0.4 is 15.4 Å². The first-order valence-corrected chi connectivity index (χ1v) is 8.58. The normalized spacial score (nSPS) is 21.4. The van der Waals surface area contributed by atoms with E-state index in [1.165, 1.54) is 7.11 Å². The second-order valence-corrected chi connectivity index (χ2v) is 7.19. The summed E-state index contributed by atoms with van der Waals surface area (Å²) in [5.74, 6) is -0.620. The minimum Gasteiger partial charge on any atom is -0.497 e. The van der Waals surface area contributed by atoms with E-state index in [2.05, 4.69) is 16.7 Å². The van der Waals surface area contributed by atoms with Crippen molar-refractivity contribution in [1.29, 1.82) is 5.26 Å². The number of carbonyl (C=O) groups is 3. The van der Waals surface area contributed by atoms with Crippen molar-refractivity contribution in [3.8, 4) is 11.8 Å². The van der Waals surface area contributed by atoms with E-state index in [-0.39, 0.29) is 5.92 Å². The minimum atomic E-state index is -1.28. The van der Waals surface area contributed by atoms with Crippen LogP contribution in [0, 0.1) is 17.2 Å². The van der Waals surface area contributed by atoms with E-state index in [0.29, 0.717) is 11.3 Å². The van der Waals surface area contributed by atoms with Crippen molar-refractivity contribution in [2.45, 2.75) is 38.8 Å². The number of carbonyl (C=O) groups excluding carboxylic acids is 3. The molecule has 0 saturated carbocycles. The Labute approximate surface area is 158 Å². The Kier molecular flexibility index (Phi) is 5.45. The molecule has 27 heavy (non-hydrogen) atoms. The molecule has 2 atom stereocenters. The van der Waals surface area contributed by atoms with Gasteiger partial charge in [-0.3, -0.25) is 14.5 Å². The summed E-state index contributed by atoms with van der Waals surface area (Å²) in [5.41, 5.74) is -1.79. The number of methoxy groups -OCH3 is 1. The van der Waals surface area contributed by atoms with Gasteiger partial charge >= 0.3 is 6.03 Å². The van der Waals surface area contributed by atoms with Crippen LogP contribution in [0.25, 0.3) is 0 Å². The van der Waals surface area contributed by atoms with Crippen LogP contribution in [-0.2, 0) is 15.1 Å². The third-order valence-electron chi connectivity index (χ3n) is 5.03. The monoisotopic (exact) mass is 372 g/mol. The number of nitriles is 1. The van der Waals surface area contributed by atoms with E-state index in [4.69, 9.17) is 4.74 Å². The molecule has 1 fully saturated rings. The van der Waals surface area contributed by atoms with Gasteiger partial charge in [-0.1, -0.05) is 26.0 Å². The van der Waals surface area contributed by atoms with Crippen molar-refractivity contribution in [3.63, 3.8) is 0 Å². The van der Waals surface area contributed by atoms with Crippen molar-refractivity contribution < 1.29 is 19.1 Å². The molecule has 1 aliphatic heterocycles. The molecule has 1 aliphatic rings. The summed E-state index contributed by atoms with van der Waals surface area (Å²) in [6.45, 7) is 6.33. The van der Waals surface area contributed by atoms with Gasteiger partial charge in [0.15, 0.2) is 0 Å². The highest BCUT2D eigenvalue weighted by atomic mass is 16.5. The maximum absolute atomic E-state index is 12.9. The number of nitrogens with zero attached hydrogens (tertiary/aromatic N) is 2. The minimum absolute atomic E-state index is 0.140. The van der Waals surface area contributed by atoms with Gasteiger partial charge < -0.3 is 15.4 Å². The molecule has 0 aliphatic carbocycles. The predicted octanol–water partition coefficient (Wildman–Crippen LogP) is 1.52. The third-order valence-corrected chi connectivity index (χ3v) is 5.03. The van der Waals surface area contributed by atoms with Gasteiger partial charge in [-0.25, -0.2) is 4.79 Å². The Morgan fingerprint density at radius 2 is 1.96 bits per heavy atom. The van der Waals surface area contributed by atoms with Crippen LogP contribution in [0.2, 0.25) is 0 Å². The lowest BCUT2D eigenvalue weighted by Crippen LogP contribution is -2.52. The summed E-state index contributed by atoms with van der Waals surface area (Å²) in [4.78, 5) is 38.4. The Morgan fingerprint density at radius 1 is 1.37 bits per heavy atom. The quantitative estimate of drug-likeness (QED) is 0.735. The fourth-order valence-corrected chi connectivity index (χ4v) is 2.73. The number of nitrogens with one attached hydrogen (secondary N) is 2. The first-order chi connectivity index (χ1) is 12.6. The first-order valence-electron chi connectivity index (χ1n) is 8.58. The van der Waals surface area contributed by atoms with Crippen molar-refractivity contribution in [1.82, 2.24) is 15.5 Å². The Morgan fingerprint density at radius 3 is 2.44 bits per heavy atom. The molecule has 2 N–H and O–H groups in total. The van der Waals surface area contributed by atoms with Crippen LogP contribution in [0.4, 0.5) is 4.79 Å². The van der Waals surface area contributed by atoms with E-state index in [1.54, 1.807) is 52.0 Å². The molecule has 1 saturated heterocycles. The SMILES string of the molecule is COc1ccc([C@@]2(C)NC(=O)N(CC(=O)N[C@@](C)(C#N)C(C)C)C2=O)cc1. The maximum Gasteiger partial charge on any atom is 0.325 e. The van der Waals surface area contributed by atoms with Crippen molar-refractivity contribution in [2.75, 3.05) is 13.7 Å². The van der Waals surface area contributed by atoms with Crippen molar-refractivity contribution in [2.24, 2.45) is 5.92 Å². The average molecular weight is 372 g/mol. The van der Waals surface area contributed by atoms with Gasteiger partial charge in [0, 0.05) is 0 Å². The fourth-order valence-electron chi connectivity index (χ4n) is 2.73. The smallest absolute Gasteiger partial charge is 0.325 e. The number of urea groups is 1. The van der Waals surface area contributed by atoms with E-state index < -0.39 is 35.5 Å². The molecular formula is C19H24N4O4. The van der Waals surface area contributed by atoms with Gasteiger partial charge in [-0.2, -0.15) is 5.26 Å². The molecule has 8 heteroatoms. The fraction of sp³-hybridized carbons (Fsp3) is 0.474. The standard InChI is InChI=1S/C19H24N4O4/c1-12(2)18(3,11-20)21-15(24)10-23-16(25)19(4,22-17(23)26)13-6-8-14(27-5)9-7-13/h6-9,12H,10H2,1-5H3,(H,21,24)(H,22,26)/t18-,19+/m0/s1. The van der Waals surface area contributed by atoms with Crippen LogP contribution in [-0.4, -0.2) is 41.9 Å². The molecule has 0 bridgehead atoms. The zero-order chi connectivity index (χ0) is 20.4. The number of hydrogen-bond acceptors (Lipinski definition) is 5. The lowest BCUT2D eigenvalue weighted by molar-refractivity contribution is -0.135. The summed E-state index contributed by atoms with van der Waals surface area (Å²) in [5, 5.41) is 14.6. The number of benzene rings is 1. The molecule has 2 rings (SSSR count). The lowest BCUT2D eigenvalue weighted by Gasteiger charge is -2.28. The summed E-state index contributed by atoms with van der Waals surface area (Å²) in [6, 6.07) is 8.16. The van der Waals surface area contributed by atoms with Gasteiger partial charge in [-0.05, 0) is 37.5 Å². The Balaban J connectivity index is 2.18. The third kappa shape index (κ3) is 3.72. The molecule has 0 radical (unpaired) electrons. The average Bonchev–Trinajstić information content (AvgIpc) is 2.85. The molecule has 8 nitrogen and oxygen atoms in total. The number of ether oxygens (including phenoxy) is 1. The molecule has 0 unspecified atom stereocenters. The molecule has 0 aromatic heterocycles. The zero-order valence-corrected chi connectivity index (χ0v) is 16.1. The largest absolute Gasteiger partial charge is 0.497 e. The highest BCUT2D eigenvalue weighted by Gasteiger charge is 2.49. The molecule has 0 spiro atoms. The van der Waals surface area contributed by atoms with Crippen LogP contribution in [0.15, 0.2) is 24.3 Å². The summed E-state index contributed by atoms with van der Waals surface area (Å²) in [6.07, 6.45) is 0. The number of amides is 4. The summed E-state index contributed by atoms with van der Waals surface area (Å²) < 4.78 is 5.10. The van der Waals surface area contributed by atoms with Gasteiger partial charge in [-0.15, -0.1) is 0 Å². The Bertz CT molecular complexity index is 799. The number of rotatable bonds is 6. The summed E-state index contributed by atoms with van der Waals surface area (Å²) >= 11 is 0. The van der Waals surface area contributed by atoms with Crippen molar-refractivity contribution >= 4 is 17.8 Å². The molecule has 1 aromatic carbocycles. The predicted molar refractivity (Wildman–Crippen MR) is 97.6 cm³/mol. The Hall–Kier alpha value is -3.08. The second-order valence-electron chi connectivity index (χ2n) is 7.19. The van der Waals surface area contributed by atoms with E-state index in [1.807, 2.05) is 0 Å². The highest BCUT2D eigenvalue weighted by Crippen LogP contribution is 2.30. The van der Waals surface area contributed by atoms with Gasteiger partial charge in [0.05, 0.1) is 13.2 Å². The molecular weight excluding hydrogens is 348 g/mol. The molecule has 1 aromatic rings. The number of imide groups is 1. The van der Waals surface area contributed by atoms with Crippen LogP contribution >= 0.6 is 0 Å². The molecule has 4 amide bonds. The van der Waals surface area contributed by atoms with E-state index in [0.717, 1.165) is 4.90 Å². The van der Waals surface area contributed by atoms with Crippen LogP contribution in [0.5, 0.6) is 5.75 Å². The highest BCUT2D eigenvalue weighted by molar-refractivity contribution is 6.09. The molecule has 1 heterocycles. The zero-order valence-electron chi connectivity index (χ0n) is 16.1.